The van der Waals surface area contributed by atoms with Gasteiger partial charge in [0.1, 0.15) is 5.69 Å². The number of hydrogen-bond acceptors (Lipinski definition) is 3. The number of fused-ring (bicyclic) bond motifs is 1. The van der Waals surface area contributed by atoms with E-state index in [9.17, 15) is 9.59 Å². The van der Waals surface area contributed by atoms with Crippen LogP contribution in [0.25, 0.3) is 10.9 Å². The molecule has 2 aromatic rings. The van der Waals surface area contributed by atoms with Gasteiger partial charge in [-0.05, 0) is 18.7 Å². The molecule has 0 unspecified atom stereocenters. The molecule has 1 aliphatic rings. The lowest BCUT2D eigenvalue weighted by Crippen LogP contribution is -2.50. The van der Waals surface area contributed by atoms with Crippen LogP contribution < -0.4 is 10.7 Å². The Morgan fingerprint density at radius 1 is 1.30 bits per heavy atom. The molecule has 23 heavy (non-hydrogen) atoms. The molecular formula is C16H19ClN4O2. The van der Waals surface area contributed by atoms with Gasteiger partial charge in [0.05, 0.1) is 10.5 Å². The summed E-state index contributed by atoms with van der Waals surface area (Å²) >= 11 is 6.07. The number of carbonyl (C=O) groups excluding carboxylic acids is 1. The zero-order chi connectivity index (χ0) is 16.4. The molecule has 6 nitrogen and oxygen atoms in total. The van der Waals surface area contributed by atoms with Crippen LogP contribution >= 0.6 is 11.6 Å². The topological polar surface area (TPSA) is 68.4 Å². The molecule has 0 radical (unpaired) electrons. The van der Waals surface area contributed by atoms with E-state index >= 15 is 0 Å². The van der Waals surface area contributed by atoms with Gasteiger partial charge in [-0.2, -0.15) is 0 Å². The second-order valence-electron chi connectivity index (χ2n) is 5.55. The highest BCUT2D eigenvalue weighted by atomic mass is 35.5. The summed E-state index contributed by atoms with van der Waals surface area (Å²) in [6, 6.07) is 4.88. The third-order valence-electron chi connectivity index (χ3n) is 4.21. The fourth-order valence-corrected chi connectivity index (χ4v) is 3.00. The molecule has 0 spiro atoms. The predicted molar refractivity (Wildman–Crippen MR) is 92.3 cm³/mol. The standard InChI is InChI=1S/C16H19ClN4O2/c1-2-20-6-8-21(9-7-20)16(23)19-13-10-18-14-11(15(13)22)4-3-5-12(14)17/h3-5,10H,2,6-9H2,1H3,(H,18,22)(H,19,23). The number of H-pyrrole nitrogens is 1. The third kappa shape index (κ3) is 3.18. The second-order valence-corrected chi connectivity index (χ2v) is 5.95. The van der Waals surface area contributed by atoms with Gasteiger partial charge in [0.15, 0.2) is 0 Å². The summed E-state index contributed by atoms with van der Waals surface area (Å²) in [5.41, 5.74) is 0.582. The molecule has 0 saturated carbocycles. The number of carbonyl (C=O) groups is 1. The normalized spacial score (nSPS) is 15.8. The number of hydrogen-bond donors (Lipinski definition) is 2. The summed E-state index contributed by atoms with van der Waals surface area (Å²) in [4.78, 5) is 31.8. The van der Waals surface area contributed by atoms with Gasteiger partial charge in [0.2, 0.25) is 5.43 Å². The summed E-state index contributed by atoms with van der Waals surface area (Å²) in [5.74, 6) is 0. The number of halogens is 1. The summed E-state index contributed by atoms with van der Waals surface area (Å²) < 4.78 is 0. The van der Waals surface area contributed by atoms with E-state index in [1.807, 2.05) is 0 Å². The monoisotopic (exact) mass is 334 g/mol. The molecule has 0 atom stereocenters. The van der Waals surface area contributed by atoms with E-state index in [4.69, 9.17) is 11.6 Å². The Morgan fingerprint density at radius 2 is 2.04 bits per heavy atom. The molecule has 1 aliphatic heterocycles. The van der Waals surface area contributed by atoms with E-state index in [-0.39, 0.29) is 17.1 Å². The van der Waals surface area contributed by atoms with Gasteiger partial charge in [-0.3, -0.25) is 4.79 Å². The molecule has 122 valence electrons. The summed E-state index contributed by atoms with van der Waals surface area (Å²) in [6.45, 7) is 6.13. The SMILES string of the molecule is CCN1CCN(C(=O)Nc2c[nH]c3c(Cl)cccc3c2=O)CC1. The minimum absolute atomic E-state index is 0.234. The van der Waals surface area contributed by atoms with Crippen LogP contribution in [-0.2, 0) is 0 Å². The lowest BCUT2D eigenvalue weighted by Gasteiger charge is -2.33. The number of nitrogens with one attached hydrogen (secondary N) is 2. The fraction of sp³-hybridized carbons (Fsp3) is 0.375. The Kier molecular flexibility index (Phi) is 4.54. The highest BCUT2D eigenvalue weighted by Gasteiger charge is 2.21. The fourth-order valence-electron chi connectivity index (χ4n) is 2.77. The molecule has 0 aliphatic carbocycles. The van der Waals surface area contributed by atoms with Gasteiger partial charge in [-0.25, -0.2) is 4.79 Å². The number of piperazine rings is 1. The van der Waals surface area contributed by atoms with Crippen LogP contribution in [0.2, 0.25) is 5.02 Å². The van der Waals surface area contributed by atoms with E-state index in [2.05, 4.69) is 22.1 Å². The van der Waals surface area contributed by atoms with Crippen molar-refractivity contribution in [3.63, 3.8) is 0 Å². The van der Waals surface area contributed by atoms with Crippen LogP contribution in [0.3, 0.4) is 0 Å². The van der Waals surface area contributed by atoms with Crippen LogP contribution in [0.4, 0.5) is 10.5 Å². The largest absolute Gasteiger partial charge is 0.358 e. The lowest BCUT2D eigenvalue weighted by molar-refractivity contribution is 0.151. The Hall–Kier alpha value is -2.05. The minimum atomic E-state index is -0.243. The van der Waals surface area contributed by atoms with E-state index in [1.54, 1.807) is 23.1 Å². The molecule has 1 aromatic carbocycles. The molecule has 2 N–H and O–H groups in total. The van der Waals surface area contributed by atoms with E-state index in [0.717, 1.165) is 19.6 Å². The second kappa shape index (κ2) is 6.60. The van der Waals surface area contributed by atoms with E-state index < -0.39 is 0 Å². The van der Waals surface area contributed by atoms with E-state index in [1.165, 1.54) is 6.20 Å². The predicted octanol–water partition coefficient (Wildman–Crippen LogP) is 2.35. The molecular weight excluding hydrogens is 316 g/mol. The van der Waals surface area contributed by atoms with Gasteiger partial charge in [-0.15, -0.1) is 0 Å². The number of nitrogens with zero attached hydrogens (tertiary/aromatic N) is 2. The van der Waals surface area contributed by atoms with Crippen molar-refractivity contribution in [3.05, 3.63) is 39.6 Å². The van der Waals surface area contributed by atoms with Crippen LogP contribution in [-0.4, -0.2) is 53.5 Å². The maximum atomic E-state index is 12.5. The average molecular weight is 335 g/mol. The molecule has 1 aromatic heterocycles. The number of para-hydroxylation sites is 1. The summed E-state index contributed by atoms with van der Waals surface area (Å²) in [6.07, 6.45) is 1.50. The van der Waals surface area contributed by atoms with Crippen LogP contribution in [0.5, 0.6) is 0 Å². The number of likely N-dealkylation sites (N-methyl/N-ethyl adjacent to an activating group) is 1. The Labute approximate surface area is 139 Å². The van der Waals surface area contributed by atoms with Crippen molar-refractivity contribution in [2.45, 2.75) is 6.92 Å². The quantitative estimate of drug-likeness (QED) is 0.885. The molecule has 7 heteroatoms. The Bertz CT molecular complexity index is 781. The number of rotatable bonds is 2. The van der Waals surface area contributed by atoms with Crippen molar-refractivity contribution in [3.8, 4) is 0 Å². The molecule has 1 fully saturated rings. The number of urea groups is 1. The van der Waals surface area contributed by atoms with Gasteiger partial charge in [-0.1, -0.05) is 24.6 Å². The highest BCUT2D eigenvalue weighted by molar-refractivity contribution is 6.35. The Balaban J connectivity index is 1.78. The molecule has 0 bridgehead atoms. The Morgan fingerprint density at radius 3 is 2.74 bits per heavy atom. The number of amides is 2. The van der Waals surface area contributed by atoms with Crippen molar-refractivity contribution in [1.29, 1.82) is 0 Å². The van der Waals surface area contributed by atoms with Crippen molar-refractivity contribution in [2.24, 2.45) is 0 Å². The minimum Gasteiger partial charge on any atom is -0.358 e. The highest BCUT2D eigenvalue weighted by Crippen LogP contribution is 2.19. The smallest absolute Gasteiger partial charge is 0.322 e. The van der Waals surface area contributed by atoms with Crippen molar-refractivity contribution in [1.82, 2.24) is 14.8 Å². The van der Waals surface area contributed by atoms with Gasteiger partial charge in [0.25, 0.3) is 0 Å². The van der Waals surface area contributed by atoms with Crippen molar-refractivity contribution < 1.29 is 4.79 Å². The maximum Gasteiger partial charge on any atom is 0.322 e. The first-order chi connectivity index (χ1) is 11.1. The van der Waals surface area contributed by atoms with Gasteiger partial charge in [0, 0.05) is 37.8 Å². The first kappa shape index (κ1) is 15.8. The zero-order valence-corrected chi connectivity index (χ0v) is 13.7. The maximum absolute atomic E-state index is 12.5. The van der Waals surface area contributed by atoms with Crippen LogP contribution in [0, 0.1) is 0 Å². The number of benzene rings is 1. The third-order valence-corrected chi connectivity index (χ3v) is 4.53. The first-order valence-electron chi connectivity index (χ1n) is 7.68. The molecule has 2 heterocycles. The van der Waals surface area contributed by atoms with Gasteiger partial charge >= 0.3 is 6.03 Å². The van der Waals surface area contributed by atoms with Gasteiger partial charge < -0.3 is 20.1 Å². The lowest BCUT2D eigenvalue weighted by atomic mass is 10.2. The summed E-state index contributed by atoms with van der Waals surface area (Å²) in [7, 11) is 0. The number of aromatic nitrogens is 1. The molecule has 1 saturated heterocycles. The number of anilines is 1. The van der Waals surface area contributed by atoms with Crippen molar-refractivity contribution >= 4 is 34.2 Å². The summed E-state index contributed by atoms with van der Waals surface area (Å²) in [5, 5.41) is 3.65. The molecule has 2 amide bonds. The van der Waals surface area contributed by atoms with Crippen LogP contribution in [0.1, 0.15) is 6.92 Å². The first-order valence-corrected chi connectivity index (χ1v) is 8.06. The van der Waals surface area contributed by atoms with E-state index in [0.29, 0.717) is 29.0 Å². The van der Waals surface area contributed by atoms with Crippen LogP contribution in [0.15, 0.2) is 29.2 Å². The number of aromatic amines is 1. The average Bonchev–Trinajstić information content (AvgIpc) is 2.58. The zero-order valence-electron chi connectivity index (χ0n) is 12.9. The number of pyridine rings is 1. The molecule has 3 rings (SSSR count). The van der Waals surface area contributed by atoms with Crippen molar-refractivity contribution in [2.75, 3.05) is 38.0 Å².